The molecule has 0 radical (unpaired) electrons. The Hall–Kier alpha value is 0.160. The first kappa shape index (κ1) is 12.2. The maximum absolute atomic E-state index is 10.8. The summed E-state index contributed by atoms with van der Waals surface area (Å²) < 4.78 is 21.5. The number of piperidine rings is 1. The minimum absolute atomic E-state index is 0.0299. The van der Waals surface area contributed by atoms with Crippen LogP contribution in [0.1, 0.15) is 12.8 Å². The average Bonchev–Trinajstić information content (AvgIpc) is 2.01. The van der Waals surface area contributed by atoms with Crippen LogP contribution in [0.3, 0.4) is 0 Å². The number of rotatable bonds is 3. The van der Waals surface area contributed by atoms with Crippen molar-refractivity contribution in [2.75, 3.05) is 25.9 Å². The van der Waals surface area contributed by atoms with Crippen LogP contribution in [0, 0.1) is 5.92 Å². The SMILES string of the molecule is CN1CCCC(C(O)CS(=O)(=O)Cl)C1. The van der Waals surface area contributed by atoms with Crippen LogP contribution in [0.15, 0.2) is 0 Å². The van der Waals surface area contributed by atoms with Crippen molar-refractivity contribution in [1.82, 2.24) is 4.90 Å². The molecule has 0 amide bonds. The Bertz CT molecular complexity index is 280. The van der Waals surface area contributed by atoms with Gasteiger partial charge >= 0.3 is 0 Å². The lowest BCUT2D eigenvalue weighted by atomic mass is 9.94. The Morgan fingerprint density at radius 3 is 2.79 bits per heavy atom. The highest BCUT2D eigenvalue weighted by molar-refractivity contribution is 8.13. The van der Waals surface area contributed by atoms with Gasteiger partial charge in [0.05, 0.1) is 11.9 Å². The van der Waals surface area contributed by atoms with E-state index in [2.05, 4.69) is 4.90 Å². The van der Waals surface area contributed by atoms with E-state index in [0.717, 1.165) is 25.9 Å². The molecule has 1 aliphatic rings. The van der Waals surface area contributed by atoms with Crippen molar-refractivity contribution in [3.63, 3.8) is 0 Å². The third kappa shape index (κ3) is 4.13. The van der Waals surface area contributed by atoms with Crippen molar-refractivity contribution < 1.29 is 13.5 Å². The van der Waals surface area contributed by atoms with Gasteiger partial charge in [0.25, 0.3) is 0 Å². The van der Waals surface area contributed by atoms with Crippen molar-refractivity contribution in [3.05, 3.63) is 0 Å². The first-order valence-corrected chi connectivity index (χ1v) is 7.15. The lowest BCUT2D eigenvalue weighted by Gasteiger charge is -2.32. The fourth-order valence-corrected chi connectivity index (χ4v) is 2.93. The molecule has 1 saturated heterocycles. The van der Waals surface area contributed by atoms with Gasteiger partial charge in [0.2, 0.25) is 9.05 Å². The maximum Gasteiger partial charge on any atom is 0.235 e. The zero-order valence-corrected chi connectivity index (χ0v) is 9.76. The zero-order valence-electron chi connectivity index (χ0n) is 8.19. The van der Waals surface area contributed by atoms with Gasteiger partial charge in [0.15, 0.2) is 0 Å². The standard InChI is InChI=1S/C8H16ClNO3S/c1-10-4-2-3-7(5-10)8(11)6-14(9,12)13/h7-8,11H,2-6H2,1H3. The molecule has 1 heterocycles. The average molecular weight is 242 g/mol. The van der Waals surface area contributed by atoms with E-state index in [0.29, 0.717) is 0 Å². The molecule has 0 aromatic heterocycles. The topological polar surface area (TPSA) is 57.6 Å². The van der Waals surface area contributed by atoms with E-state index in [-0.39, 0.29) is 11.7 Å². The second-order valence-corrected chi connectivity index (χ2v) is 6.76. The van der Waals surface area contributed by atoms with Crippen LogP contribution < -0.4 is 0 Å². The summed E-state index contributed by atoms with van der Waals surface area (Å²) in [6.45, 7) is 1.75. The van der Waals surface area contributed by atoms with Crippen LogP contribution in [-0.4, -0.2) is 50.4 Å². The summed E-state index contributed by atoms with van der Waals surface area (Å²) in [4.78, 5) is 2.10. The minimum Gasteiger partial charge on any atom is -0.392 e. The van der Waals surface area contributed by atoms with Gasteiger partial charge < -0.3 is 10.0 Å². The Kier molecular flexibility index (Phi) is 4.18. The Morgan fingerprint density at radius 1 is 1.64 bits per heavy atom. The molecule has 1 rings (SSSR count). The molecule has 6 heteroatoms. The molecule has 4 nitrogen and oxygen atoms in total. The molecule has 1 fully saturated rings. The molecule has 2 atom stereocenters. The maximum atomic E-state index is 10.8. The summed E-state index contributed by atoms with van der Waals surface area (Å²) >= 11 is 0. The van der Waals surface area contributed by atoms with Gasteiger partial charge in [-0.2, -0.15) is 0 Å². The van der Waals surface area contributed by atoms with Gasteiger partial charge in [-0.05, 0) is 32.4 Å². The number of hydrogen-bond acceptors (Lipinski definition) is 4. The van der Waals surface area contributed by atoms with E-state index < -0.39 is 15.2 Å². The van der Waals surface area contributed by atoms with E-state index in [1.165, 1.54) is 0 Å². The van der Waals surface area contributed by atoms with E-state index in [4.69, 9.17) is 10.7 Å². The van der Waals surface area contributed by atoms with Crippen LogP contribution >= 0.6 is 10.7 Å². The molecule has 0 bridgehead atoms. The van der Waals surface area contributed by atoms with E-state index in [1.54, 1.807) is 0 Å². The smallest absolute Gasteiger partial charge is 0.235 e. The molecule has 0 aromatic carbocycles. The zero-order chi connectivity index (χ0) is 10.8. The highest BCUT2D eigenvalue weighted by atomic mass is 35.7. The van der Waals surface area contributed by atoms with Crippen LogP contribution in [-0.2, 0) is 9.05 Å². The van der Waals surface area contributed by atoms with Crippen molar-refractivity contribution in [2.45, 2.75) is 18.9 Å². The van der Waals surface area contributed by atoms with Gasteiger partial charge in [-0.1, -0.05) is 0 Å². The number of hydrogen-bond donors (Lipinski definition) is 1. The third-order valence-electron chi connectivity index (χ3n) is 2.57. The van der Waals surface area contributed by atoms with Crippen LogP contribution in [0.5, 0.6) is 0 Å². The van der Waals surface area contributed by atoms with Crippen LogP contribution in [0.25, 0.3) is 0 Å². The molecular formula is C8H16ClNO3S. The minimum atomic E-state index is -3.59. The lowest BCUT2D eigenvalue weighted by Crippen LogP contribution is -2.40. The monoisotopic (exact) mass is 241 g/mol. The molecule has 84 valence electrons. The number of halogens is 1. The highest BCUT2D eigenvalue weighted by Crippen LogP contribution is 2.20. The highest BCUT2D eigenvalue weighted by Gasteiger charge is 2.27. The first-order chi connectivity index (χ1) is 6.38. The molecule has 14 heavy (non-hydrogen) atoms. The second-order valence-electron chi connectivity index (χ2n) is 3.94. The summed E-state index contributed by atoms with van der Waals surface area (Å²) in [5.74, 6) is -0.310. The predicted molar refractivity (Wildman–Crippen MR) is 55.9 cm³/mol. The van der Waals surface area contributed by atoms with E-state index in [1.807, 2.05) is 7.05 Å². The van der Waals surface area contributed by atoms with Gasteiger partial charge in [-0.3, -0.25) is 0 Å². The molecular weight excluding hydrogens is 226 g/mol. The number of aliphatic hydroxyl groups excluding tert-OH is 1. The van der Waals surface area contributed by atoms with Gasteiger partial charge in [0, 0.05) is 17.2 Å². The van der Waals surface area contributed by atoms with Crippen molar-refractivity contribution in [1.29, 1.82) is 0 Å². The molecule has 0 aliphatic carbocycles. The van der Waals surface area contributed by atoms with Crippen molar-refractivity contribution in [2.24, 2.45) is 5.92 Å². The second kappa shape index (κ2) is 4.79. The first-order valence-electron chi connectivity index (χ1n) is 4.67. The number of nitrogens with zero attached hydrogens (tertiary/aromatic N) is 1. The van der Waals surface area contributed by atoms with Gasteiger partial charge in [-0.15, -0.1) is 0 Å². The van der Waals surface area contributed by atoms with Crippen molar-refractivity contribution >= 4 is 19.7 Å². The number of likely N-dealkylation sites (tertiary alicyclic amines) is 1. The van der Waals surface area contributed by atoms with Gasteiger partial charge in [-0.25, -0.2) is 8.42 Å². The molecule has 1 N–H and O–H groups in total. The van der Waals surface area contributed by atoms with Gasteiger partial charge in [0.1, 0.15) is 0 Å². The summed E-state index contributed by atoms with van der Waals surface area (Å²) in [7, 11) is 3.46. The van der Waals surface area contributed by atoms with E-state index >= 15 is 0 Å². The summed E-state index contributed by atoms with van der Waals surface area (Å²) in [5, 5.41) is 9.64. The summed E-state index contributed by atoms with van der Waals surface area (Å²) in [6, 6.07) is 0. The Labute approximate surface area is 89.3 Å². The lowest BCUT2D eigenvalue weighted by molar-refractivity contribution is 0.0750. The molecule has 0 spiro atoms. The summed E-state index contributed by atoms with van der Waals surface area (Å²) in [5.41, 5.74) is 0. The Balaban J connectivity index is 2.47. The molecule has 0 saturated carbocycles. The van der Waals surface area contributed by atoms with E-state index in [9.17, 15) is 13.5 Å². The number of aliphatic hydroxyl groups is 1. The normalized spacial score (nSPS) is 27.5. The van der Waals surface area contributed by atoms with Crippen LogP contribution in [0.4, 0.5) is 0 Å². The molecule has 2 unspecified atom stereocenters. The predicted octanol–water partition coefficient (Wildman–Crippen LogP) is 0.258. The fourth-order valence-electron chi connectivity index (χ4n) is 1.86. The Morgan fingerprint density at radius 2 is 2.29 bits per heavy atom. The third-order valence-corrected chi connectivity index (χ3v) is 3.69. The van der Waals surface area contributed by atoms with Crippen LogP contribution in [0.2, 0.25) is 0 Å². The summed E-state index contributed by atoms with van der Waals surface area (Å²) in [6.07, 6.45) is 1.04. The van der Waals surface area contributed by atoms with Crippen molar-refractivity contribution in [3.8, 4) is 0 Å². The molecule has 1 aliphatic heterocycles. The quantitative estimate of drug-likeness (QED) is 0.721. The molecule has 0 aromatic rings. The fraction of sp³-hybridized carbons (Fsp3) is 1.00. The largest absolute Gasteiger partial charge is 0.392 e.